The fraction of sp³-hybridized carbons (Fsp3) is 0.250. The number of aromatic nitrogens is 3. The Kier molecular flexibility index (Phi) is 4.76. The Hall–Kier alpha value is -3.14. The predicted octanol–water partition coefficient (Wildman–Crippen LogP) is 1.72. The van der Waals surface area contributed by atoms with Gasteiger partial charge in [-0.25, -0.2) is 9.78 Å². The van der Waals surface area contributed by atoms with Crippen LogP contribution in [0.1, 0.15) is 41.3 Å². The number of esters is 1. The minimum absolute atomic E-state index is 0.130. The summed E-state index contributed by atoms with van der Waals surface area (Å²) in [6, 6.07) is 3.81. The van der Waals surface area contributed by atoms with Crippen LogP contribution < -0.4 is 5.56 Å². The first-order valence-corrected chi connectivity index (χ1v) is 6.97. The first-order chi connectivity index (χ1) is 11.0. The Bertz CT molecular complexity index is 868. The van der Waals surface area contributed by atoms with E-state index in [9.17, 15) is 9.59 Å². The van der Waals surface area contributed by atoms with Gasteiger partial charge in [-0.05, 0) is 37.1 Å². The number of carbonyl (C=O) groups excluding carboxylic acids is 1. The molecule has 2 aromatic rings. The smallest absolute Gasteiger partial charge is 0.345 e. The quantitative estimate of drug-likeness (QED) is 0.866. The van der Waals surface area contributed by atoms with E-state index in [-0.39, 0.29) is 12.2 Å². The number of ether oxygens (including phenoxy) is 1. The molecule has 2 aromatic heterocycles. The average Bonchev–Trinajstić information content (AvgIpc) is 2.86. The van der Waals surface area contributed by atoms with Crippen molar-refractivity contribution in [3.05, 3.63) is 51.5 Å². The molecule has 7 heteroatoms. The summed E-state index contributed by atoms with van der Waals surface area (Å²) < 4.78 is 6.49. The summed E-state index contributed by atoms with van der Waals surface area (Å²) in [6.45, 7) is 3.63. The molecular formula is C16H16N4O3. The van der Waals surface area contributed by atoms with Gasteiger partial charge in [0.05, 0.1) is 6.61 Å². The number of aromatic amines is 1. The monoisotopic (exact) mass is 312 g/mol. The zero-order valence-corrected chi connectivity index (χ0v) is 13.1. The molecule has 7 nitrogen and oxygen atoms in total. The van der Waals surface area contributed by atoms with Crippen molar-refractivity contribution in [3.63, 3.8) is 0 Å². The number of carbonyl (C=O) groups is 1. The second kappa shape index (κ2) is 6.75. The molecule has 0 bridgehead atoms. The van der Waals surface area contributed by atoms with E-state index < -0.39 is 11.5 Å². The summed E-state index contributed by atoms with van der Waals surface area (Å²) in [4.78, 5) is 30.2. The summed E-state index contributed by atoms with van der Waals surface area (Å²) >= 11 is 0. The third-order valence-corrected chi connectivity index (χ3v) is 3.19. The van der Waals surface area contributed by atoms with Crippen LogP contribution in [0.15, 0.2) is 23.3 Å². The van der Waals surface area contributed by atoms with E-state index in [1.165, 1.54) is 6.20 Å². The molecule has 0 unspecified atom stereocenters. The number of aryl methyl sites for hydroxylation is 1. The molecule has 0 amide bonds. The molecule has 0 radical (unpaired) electrons. The van der Waals surface area contributed by atoms with Crippen molar-refractivity contribution < 1.29 is 9.53 Å². The molecule has 0 aliphatic rings. The fourth-order valence-electron chi connectivity index (χ4n) is 2.05. The topological polar surface area (TPSA) is 101 Å². The van der Waals surface area contributed by atoms with Gasteiger partial charge in [-0.1, -0.05) is 0 Å². The van der Waals surface area contributed by atoms with Crippen LogP contribution in [0.2, 0.25) is 0 Å². The third-order valence-electron chi connectivity index (χ3n) is 3.19. The number of nitrogens with zero attached hydrogens (tertiary/aromatic N) is 3. The first-order valence-electron chi connectivity index (χ1n) is 6.97. The number of nitrogens with one attached hydrogen (secondary N) is 1. The van der Waals surface area contributed by atoms with E-state index in [1.807, 2.05) is 0 Å². The van der Waals surface area contributed by atoms with Crippen LogP contribution in [0.5, 0.6) is 0 Å². The third kappa shape index (κ3) is 3.55. The zero-order chi connectivity index (χ0) is 17.0. The van der Waals surface area contributed by atoms with Gasteiger partial charge in [-0.3, -0.25) is 4.79 Å². The van der Waals surface area contributed by atoms with Gasteiger partial charge >= 0.3 is 5.97 Å². The van der Waals surface area contributed by atoms with Gasteiger partial charge in [0.25, 0.3) is 5.56 Å². The number of nitriles is 1. The molecule has 0 aliphatic heterocycles. The summed E-state index contributed by atoms with van der Waals surface area (Å²) in [7, 11) is 1.78. The van der Waals surface area contributed by atoms with Crippen LogP contribution in [0.4, 0.5) is 0 Å². The number of rotatable bonds is 4. The highest BCUT2D eigenvalue weighted by atomic mass is 16.5. The molecule has 2 rings (SSSR count). The molecule has 0 spiro atoms. The fourth-order valence-corrected chi connectivity index (χ4v) is 2.05. The number of hydrogen-bond donors (Lipinski definition) is 1. The van der Waals surface area contributed by atoms with Gasteiger partial charge in [0.15, 0.2) is 0 Å². The van der Waals surface area contributed by atoms with E-state index in [4.69, 9.17) is 10.00 Å². The average molecular weight is 312 g/mol. The maximum absolute atomic E-state index is 11.9. The second-order valence-corrected chi connectivity index (χ2v) is 4.90. The van der Waals surface area contributed by atoms with E-state index in [0.717, 1.165) is 5.56 Å². The van der Waals surface area contributed by atoms with Crippen molar-refractivity contribution in [1.82, 2.24) is 14.5 Å². The predicted molar refractivity (Wildman–Crippen MR) is 84.5 cm³/mol. The minimum atomic E-state index is -0.698. The standard InChI is InChI=1S/C16H16N4O3/c1-4-23-16(22)13-8-18-14(19-15(13)21)10(2)5-11-6-12(7-17)20(3)9-11/h5-6,8-9H,4H2,1-3H3,(H,18,19,21)/b10-5+. The number of H-pyrrole nitrogens is 1. The lowest BCUT2D eigenvalue weighted by Gasteiger charge is -2.03. The lowest BCUT2D eigenvalue weighted by molar-refractivity contribution is 0.0523. The molecule has 1 N–H and O–H groups in total. The maximum Gasteiger partial charge on any atom is 0.345 e. The van der Waals surface area contributed by atoms with Gasteiger partial charge in [-0.15, -0.1) is 0 Å². The molecule has 0 saturated carbocycles. The summed E-state index contributed by atoms with van der Waals surface area (Å²) in [6.07, 6.45) is 4.80. The van der Waals surface area contributed by atoms with Crippen LogP contribution in [0.3, 0.4) is 0 Å². The Balaban J connectivity index is 2.32. The van der Waals surface area contributed by atoms with Gasteiger partial charge < -0.3 is 14.3 Å². The summed E-state index contributed by atoms with van der Waals surface area (Å²) in [5.74, 6) is -0.346. The van der Waals surface area contributed by atoms with Crippen LogP contribution in [-0.4, -0.2) is 27.1 Å². The van der Waals surface area contributed by atoms with E-state index in [2.05, 4.69) is 16.0 Å². The van der Waals surface area contributed by atoms with Crippen molar-refractivity contribution in [2.24, 2.45) is 7.05 Å². The highest BCUT2D eigenvalue weighted by Gasteiger charge is 2.13. The molecule has 0 atom stereocenters. The molecule has 2 heterocycles. The largest absolute Gasteiger partial charge is 0.462 e. The van der Waals surface area contributed by atoms with Crippen molar-refractivity contribution in [1.29, 1.82) is 5.26 Å². The Labute approximate surface area is 132 Å². The van der Waals surface area contributed by atoms with Crippen molar-refractivity contribution in [2.75, 3.05) is 6.61 Å². The lowest BCUT2D eigenvalue weighted by Crippen LogP contribution is -2.21. The van der Waals surface area contributed by atoms with Crippen LogP contribution in [-0.2, 0) is 11.8 Å². The molecule has 118 valence electrons. The maximum atomic E-state index is 11.9. The highest BCUT2D eigenvalue weighted by molar-refractivity contribution is 5.88. The molecular weight excluding hydrogens is 296 g/mol. The Morgan fingerprint density at radius 2 is 2.30 bits per heavy atom. The van der Waals surface area contributed by atoms with Crippen molar-refractivity contribution in [2.45, 2.75) is 13.8 Å². The number of allylic oxidation sites excluding steroid dienone is 1. The van der Waals surface area contributed by atoms with Crippen molar-refractivity contribution in [3.8, 4) is 6.07 Å². The lowest BCUT2D eigenvalue weighted by atomic mass is 10.2. The van der Waals surface area contributed by atoms with Gasteiger partial charge in [0, 0.05) is 19.4 Å². The van der Waals surface area contributed by atoms with Gasteiger partial charge in [0.2, 0.25) is 0 Å². The zero-order valence-electron chi connectivity index (χ0n) is 13.1. The summed E-state index contributed by atoms with van der Waals surface area (Å²) in [5, 5.41) is 8.95. The molecule has 0 aromatic carbocycles. The van der Waals surface area contributed by atoms with Crippen LogP contribution >= 0.6 is 0 Å². The van der Waals surface area contributed by atoms with Gasteiger partial charge in [-0.2, -0.15) is 5.26 Å². The van der Waals surface area contributed by atoms with Crippen molar-refractivity contribution >= 4 is 17.6 Å². The Morgan fingerprint density at radius 1 is 1.57 bits per heavy atom. The van der Waals surface area contributed by atoms with E-state index in [1.54, 1.807) is 43.8 Å². The summed E-state index contributed by atoms with van der Waals surface area (Å²) in [5.41, 5.74) is 1.37. The minimum Gasteiger partial charge on any atom is -0.462 e. The normalized spacial score (nSPS) is 11.1. The number of hydrogen-bond acceptors (Lipinski definition) is 5. The first kappa shape index (κ1) is 16.2. The van der Waals surface area contributed by atoms with E-state index in [0.29, 0.717) is 17.1 Å². The molecule has 0 fully saturated rings. The molecule has 0 aliphatic carbocycles. The van der Waals surface area contributed by atoms with Crippen LogP contribution in [0.25, 0.3) is 11.6 Å². The SMILES string of the molecule is CCOC(=O)c1cnc(/C(C)=C/c2cc(C#N)n(C)c2)[nH]c1=O. The van der Waals surface area contributed by atoms with E-state index >= 15 is 0 Å². The second-order valence-electron chi connectivity index (χ2n) is 4.90. The van der Waals surface area contributed by atoms with Crippen LogP contribution in [0, 0.1) is 11.3 Å². The van der Waals surface area contributed by atoms with Gasteiger partial charge in [0.1, 0.15) is 23.2 Å². The molecule has 0 saturated heterocycles. The Morgan fingerprint density at radius 3 is 2.87 bits per heavy atom. The molecule has 23 heavy (non-hydrogen) atoms. The highest BCUT2D eigenvalue weighted by Crippen LogP contribution is 2.15.